The summed E-state index contributed by atoms with van der Waals surface area (Å²) in [7, 11) is 0. The number of amides is 1. The van der Waals surface area contributed by atoms with Crippen LogP contribution in [0.5, 0.6) is 0 Å². The first kappa shape index (κ1) is 15.1. The number of nitrogens with two attached hydrogens (primary N) is 1. The summed E-state index contributed by atoms with van der Waals surface area (Å²) >= 11 is 0. The predicted octanol–water partition coefficient (Wildman–Crippen LogP) is 1.53. The fraction of sp³-hybridized carbons (Fsp3) is 0.889. The zero-order valence-electron chi connectivity index (χ0n) is 9.35. The Morgan fingerprint density at radius 2 is 1.61 bits per heavy atom. The molecule has 106 valence electrons. The van der Waals surface area contributed by atoms with Crippen LogP contribution in [0.15, 0.2) is 0 Å². The second-order valence-electron chi connectivity index (χ2n) is 4.40. The molecule has 2 atom stereocenters. The van der Waals surface area contributed by atoms with Gasteiger partial charge in [0.2, 0.25) is 11.8 Å². The van der Waals surface area contributed by atoms with Crippen molar-refractivity contribution in [3.63, 3.8) is 0 Å². The van der Waals surface area contributed by atoms with Crippen LogP contribution >= 0.6 is 0 Å². The smallest absolute Gasteiger partial charge is 0.340 e. The summed E-state index contributed by atoms with van der Waals surface area (Å²) in [6, 6.07) is -0.601. The van der Waals surface area contributed by atoms with Crippen LogP contribution in [0.2, 0.25) is 0 Å². The molecule has 1 heterocycles. The van der Waals surface area contributed by atoms with Crippen molar-refractivity contribution in [1.82, 2.24) is 4.90 Å². The van der Waals surface area contributed by atoms with Crippen LogP contribution in [0.4, 0.5) is 26.3 Å². The first-order valence-corrected chi connectivity index (χ1v) is 5.12. The third-order valence-electron chi connectivity index (χ3n) is 2.88. The molecule has 0 aliphatic carbocycles. The Kier molecular flexibility index (Phi) is 3.85. The van der Waals surface area contributed by atoms with E-state index < -0.39 is 30.2 Å². The van der Waals surface area contributed by atoms with Crippen LogP contribution < -0.4 is 5.73 Å². The fourth-order valence-corrected chi connectivity index (χ4v) is 1.82. The van der Waals surface area contributed by atoms with Gasteiger partial charge in [-0.25, -0.2) is 0 Å². The Balaban J connectivity index is 2.92. The summed E-state index contributed by atoms with van der Waals surface area (Å²) < 4.78 is 73.9. The van der Waals surface area contributed by atoms with E-state index in [4.69, 9.17) is 5.73 Å². The van der Waals surface area contributed by atoms with Crippen molar-refractivity contribution < 1.29 is 31.1 Å². The van der Waals surface area contributed by atoms with E-state index in [9.17, 15) is 31.1 Å². The van der Waals surface area contributed by atoms with Crippen molar-refractivity contribution in [2.75, 3.05) is 13.1 Å². The van der Waals surface area contributed by atoms with E-state index in [2.05, 4.69) is 0 Å². The first-order chi connectivity index (χ1) is 7.94. The average Bonchev–Trinajstić information content (AvgIpc) is 2.41. The number of hydrogen-bond acceptors (Lipinski definition) is 2. The second kappa shape index (κ2) is 4.60. The highest BCUT2D eigenvalue weighted by atomic mass is 19.4. The quantitative estimate of drug-likeness (QED) is 0.739. The van der Waals surface area contributed by atoms with Gasteiger partial charge in [-0.05, 0) is 5.92 Å². The Hall–Kier alpha value is -0.990. The number of alkyl halides is 6. The molecule has 18 heavy (non-hydrogen) atoms. The van der Waals surface area contributed by atoms with Gasteiger partial charge < -0.3 is 10.6 Å². The molecule has 0 aromatic heterocycles. The minimum atomic E-state index is -5.65. The summed E-state index contributed by atoms with van der Waals surface area (Å²) in [6.07, 6.45) is -11.3. The van der Waals surface area contributed by atoms with Crippen LogP contribution in [0, 0.1) is 11.8 Å². The molecule has 0 spiro atoms. The highest BCUT2D eigenvalue weighted by molar-refractivity contribution is 5.80. The molecule has 2 unspecified atom stereocenters. The van der Waals surface area contributed by atoms with Gasteiger partial charge in [0.15, 0.2) is 0 Å². The zero-order valence-corrected chi connectivity index (χ0v) is 9.35. The summed E-state index contributed by atoms with van der Waals surface area (Å²) in [4.78, 5) is 11.9. The summed E-state index contributed by atoms with van der Waals surface area (Å²) in [6.45, 7) is 1.08. The topological polar surface area (TPSA) is 46.3 Å². The molecule has 1 aliphatic rings. The van der Waals surface area contributed by atoms with E-state index in [1.165, 1.54) is 0 Å². The van der Waals surface area contributed by atoms with Crippen LogP contribution in [0.1, 0.15) is 6.92 Å². The Morgan fingerprint density at radius 1 is 1.17 bits per heavy atom. The first-order valence-electron chi connectivity index (χ1n) is 5.12. The van der Waals surface area contributed by atoms with Gasteiger partial charge in [-0.15, -0.1) is 0 Å². The van der Waals surface area contributed by atoms with Gasteiger partial charge in [0.1, 0.15) is 0 Å². The van der Waals surface area contributed by atoms with Crippen molar-refractivity contribution in [3.05, 3.63) is 0 Å². The average molecular weight is 278 g/mol. The van der Waals surface area contributed by atoms with Gasteiger partial charge in [-0.3, -0.25) is 4.79 Å². The number of nitrogens with zero attached hydrogens (tertiary/aromatic N) is 1. The van der Waals surface area contributed by atoms with Crippen molar-refractivity contribution in [2.24, 2.45) is 17.6 Å². The number of halogens is 6. The minimum Gasteiger partial charge on any atom is -0.340 e. The van der Waals surface area contributed by atoms with E-state index in [1.54, 1.807) is 6.92 Å². The molecule has 1 fully saturated rings. The normalized spacial score (nSPS) is 25.9. The molecule has 1 aliphatic heterocycles. The van der Waals surface area contributed by atoms with E-state index in [0.29, 0.717) is 4.90 Å². The van der Waals surface area contributed by atoms with Crippen molar-refractivity contribution >= 4 is 5.91 Å². The molecule has 0 aromatic carbocycles. The van der Waals surface area contributed by atoms with Crippen LogP contribution in [0.25, 0.3) is 0 Å². The number of likely N-dealkylation sites (tertiary alicyclic amines) is 1. The maximum Gasteiger partial charge on any atom is 0.409 e. The maximum atomic E-state index is 12.3. The Morgan fingerprint density at radius 3 is 1.89 bits per heavy atom. The van der Waals surface area contributed by atoms with Gasteiger partial charge in [0, 0.05) is 19.1 Å². The molecule has 3 nitrogen and oxygen atoms in total. The lowest BCUT2D eigenvalue weighted by atomic mass is 10.1. The summed E-state index contributed by atoms with van der Waals surface area (Å²) in [5, 5.41) is 0. The fourth-order valence-electron chi connectivity index (χ4n) is 1.82. The molecule has 0 bridgehead atoms. The van der Waals surface area contributed by atoms with Gasteiger partial charge in [-0.2, -0.15) is 26.3 Å². The number of rotatable bonds is 1. The second-order valence-corrected chi connectivity index (χ2v) is 4.40. The van der Waals surface area contributed by atoms with E-state index in [-0.39, 0.29) is 19.0 Å². The zero-order chi connectivity index (χ0) is 14.3. The minimum absolute atomic E-state index is 0.192. The lowest BCUT2D eigenvalue weighted by molar-refractivity contribution is -0.277. The Bertz CT molecular complexity index is 302. The van der Waals surface area contributed by atoms with E-state index in [1.807, 2.05) is 0 Å². The van der Waals surface area contributed by atoms with Gasteiger partial charge in [-0.1, -0.05) is 6.92 Å². The van der Waals surface area contributed by atoms with Crippen LogP contribution in [0.3, 0.4) is 0 Å². The predicted molar refractivity (Wildman–Crippen MR) is 49.3 cm³/mol. The lowest BCUT2D eigenvalue weighted by Crippen LogP contribution is -2.49. The van der Waals surface area contributed by atoms with Crippen LogP contribution in [-0.2, 0) is 4.79 Å². The molecule has 1 amide bonds. The molecule has 2 N–H and O–H groups in total. The van der Waals surface area contributed by atoms with E-state index >= 15 is 0 Å². The van der Waals surface area contributed by atoms with Gasteiger partial charge in [0.05, 0.1) is 0 Å². The monoisotopic (exact) mass is 278 g/mol. The third-order valence-corrected chi connectivity index (χ3v) is 2.88. The molecular formula is C9H12F6N2O. The standard InChI is InChI=1S/C9H12F6N2O/c1-4-2-17(3-5(4)16)7(18)6(8(10,11)12)9(13,14)15/h4-6H,2-3,16H2,1H3. The summed E-state index contributed by atoms with van der Waals surface area (Å²) in [5.41, 5.74) is 5.47. The van der Waals surface area contributed by atoms with Crippen molar-refractivity contribution in [1.29, 1.82) is 0 Å². The molecule has 9 heteroatoms. The Labute approximate surface area is 98.9 Å². The highest BCUT2D eigenvalue weighted by Crippen LogP contribution is 2.40. The number of carbonyl (C=O) groups excluding carboxylic acids is 1. The molecule has 0 aromatic rings. The number of carbonyl (C=O) groups is 1. The van der Waals surface area contributed by atoms with Gasteiger partial charge in [0.25, 0.3) is 0 Å². The van der Waals surface area contributed by atoms with Crippen molar-refractivity contribution in [3.8, 4) is 0 Å². The molecular weight excluding hydrogens is 266 g/mol. The SMILES string of the molecule is CC1CN(C(=O)C(C(F)(F)F)C(F)(F)F)CC1N. The third kappa shape index (κ3) is 3.06. The molecule has 0 radical (unpaired) electrons. The van der Waals surface area contributed by atoms with Crippen molar-refractivity contribution in [2.45, 2.75) is 25.3 Å². The van der Waals surface area contributed by atoms with Crippen LogP contribution in [-0.4, -0.2) is 42.3 Å². The largest absolute Gasteiger partial charge is 0.409 e. The maximum absolute atomic E-state index is 12.3. The van der Waals surface area contributed by atoms with Gasteiger partial charge >= 0.3 is 12.4 Å². The molecule has 1 rings (SSSR count). The highest BCUT2D eigenvalue weighted by Gasteiger charge is 2.62. The number of hydrogen-bond donors (Lipinski definition) is 1. The van der Waals surface area contributed by atoms with E-state index in [0.717, 1.165) is 0 Å². The lowest BCUT2D eigenvalue weighted by Gasteiger charge is -2.26. The molecule has 1 saturated heterocycles. The molecule has 0 saturated carbocycles. The summed E-state index contributed by atoms with van der Waals surface area (Å²) in [5.74, 6) is -6.27.